The van der Waals surface area contributed by atoms with Gasteiger partial charge in [-0.25, -0.2) is 4.39 Å². The van der Waals surface area contributed by atoms with E-state index in [9.17, 15) is 4.39 Å². The number of likely N-dealkylation sites (N-methyl/N-ethyl adjacent to an activating group) is 1. The van der Waals surface area contributed by atoms with Gasteiger partial charge in [-0.2, -0.15) is 9.97 Å². The van der Waals surface area contributed by atoms with Crippen LogP contribution in [0.15, 0.2) is 34.9 Å². The average Bonchev–Trinajstić information content (AvgIpc) is 3.38. The van der Waals surface area contributed by atoms with E-state index in [4.69, 9.17) is 9.26 Å². The van der Waals surface area contributed by atoms with Crippen LogP contribution in [0.3, 0.4) is 0 Å². The third kappa shape index (κ3) is 4.53. The molecule has 3 aromatic heterocycles. The van der Waals surface area contributed by atoms with Gasteiger partial charge >= 0.3 is 6.01 Å². The van der Waals surface area contributed by atoms with E-state index in [1.807, 2.05) is 25.1 Å². The van der Waals surface area contributed by atoms with E-state index in [0.29, 0.717) is 23.4 Å². The van der Waals surface area contributed by atoms with E-state index >= 15 is 0 Å². The lowest BCUT2D eigenvalue weighted by Crippen LogP contribution is -2.44. The van der Waals surface area contributed by atoms with Gasteiger partial charge in [-0.15, -0.1) is 0 Å². The van der Waals surface area contributed by atoms with E-state index in [-0.39, 0.29) is 11.8 Å². The first-order valence-electron chi connectivity index (χ1n) is 12.0. The number of fused-ring (bicyclic) bond motifs is 1. The Hall–Kier alpha value is -3.66. The van der Waals surface area contributed by atoms with E-state index in [1.54, 1.807) is 6.07 Å². The number of anilines is 3. The Kier molecular flexibility index (Phi) is 5.52. The normalized spacial score (nSPS) is 17.1. The molecule has 2 fully saturated rings. The number of ether oxygens (including phenoxy) is 1. The molecule has 4 aromatic rings. The summed E-state index contributed by atoms with van der Waals surface area (Å²) in [5, 5.41) is 8.26. The summed E-state index contributed by atoms with van der Waals surface area (Å²) in [4.78, 5) is 16.7. The molecular weight excluding hydrogens is 449 g/mol. The molecule has 0 amide bonds. The van der Waals surface area contributed by atoms with Gasteiger partial charge in [0.1, 0.15) is 11.6 Å². The van der Waals surface area contributed by atoms with Crippen LogP contribution in [0.4, 0.5) is 21.9 Å². The van der Waals surface area contributed by atoms with Crippen molar-refractivity contribution >= 4 is 28.4 Å². The fraction of sp³-hybridized carbons (Fsp3) is 0.400. The van der Waals surface area contributed by atoms with E-state index in [2.05, 4.69) is 42.3 Å². The molecule has 0 bridgehead atoms. The Labute approximate surface area is 202 Å². The number of H-pyrrole nitrogens is 1. The van der Waals surface area contributed by atoms with Crippen molar-refractivity contribution < 1.29 is 13.7 Å². The molecule has 2 N–H and O–H groups in total. The molecule has 35 heavy (non-hydrogen) atoms. The summed E-state index contributed by atoms with van der Waals surface area (Å²) in [6.07, 6.45) is 3.51. The Morgan fingerprint density at radius 1 is 1.09 bits per heavy atom. The van der Waals surface area contributed by atoms with Crippen molar-refractivity contribution in [3.8, 4) is 11.8 Å². The number of hydrogen-bond acceptors (Lipinski definition) is 8. The Bertz CT molecular complexity index is 1360. The van der Waals surface area contributed by atoms with E-state index < -0.39 is 5.82 Å². The molecule has 0 atom stereocenters. The molecule has 1 aliphatic heterocycles. The Balaban J connectivity index is 1.31. The van der Waals surface area contributed by atoms with Crippen LogP contribution in [0.2, 0.25) is 0 Å². The van der Waals surface area contributed by atoms with Gasteiger partial charge in [-0.3, -0.25) is 0 Å². The van der Waals surface area contributed by atoms with Crippen LogP contribution in [0.1, 0.15) is 36.6 Å². The molecule has 1 aliphatic carbocycles. The van der Waals surface area contributed by atoms with Crippen LogP contribution in [0, 0.1) is 12.7 Å². The van der Waals surface area contributed by atoms with Gasteiger partial charge in [0.25, 0.3) is 0 Å². The van der Waals surface area contributed by atoms with Crippen LogP contribution >= 0.6 is 0 Å². The predicted molar refractivity (Wildman–Crippen MR) is 131 cm³/mol. The minimum atomic E-state index is -0.483. The lowest BCUT2D eigenvalue weighted by Gasteiger charge is -2.33. The zero-order valence-corrected chi connectivity index (χ0v) is 19.8. The third-order valence-electron chi connectivity index (χ3n) is 6.83. The van der Waals surface area contributed by atoms with Crippen molar-refractivity contribution in [3.63, 3.8) is 0 Å². The molecule has 0 spiro atoms. The highest BCUT2D eigenvalue weighted by Gasteiger charge is 2.24. The number of benzene rings is 1. The van der Waals surface area contributed by atoms with Crippen LogP contribution in [-0.4, -0.2) is 58.2 Å². The van der Waals surface area contributed by atoms with Crippen LogP contribution < -0.4 is 15.0 Å². The molecule has 6 rings (SSSR count). The van der Waals surface area contributed by atoms with Gasteiger partial charge in [0.15, 0.2) is 11.6 Å². The summed E-state index contributed by atoms with van der Waals surface area (Å²) in [7, 11) is 2.10. The average molecular weight is 478 g/mol. The summed E-state index contributed by atoms with van der Waals surface area (Å²) in [6.45, 7) is 5.42. The Morgan fingerprint density at radius 2 is 1.91 bits per heavy atom. The van der Waals surface area contributed by atoms with Crippen molar-refractivity contribution in [1.29, 1.82) is 0 Å². The first kappa shape index (κ1) is 21.8. The zero-order valence-electron chi connectivity index (χ0n) is 19.8. The lowest BCUT2D eigenvalue weighted by atomic mass is 9.83. The third-order valence-corrected chi connectivity index (χ3v) is 6.83. The van der Waals surface area contributed by atoms with Crippen LogP contribution in [0.25, 0.3) is 10.9 Å². The summed E-state index contributed by atoms with van der Waals surface area (Å²) in [6, 6.07) is 8.88. The van der Waals surface area contributed by atoms with Gasteiger partial charge in [0, 0.05) is 66.9 Å². The second kappa shape index (κ2) is 8.84. The topological polar surface area (TPSA) is 95.3 Å². The number of aryl methyl sites for hydroxylation is 1. The first-order valence-corrected chi connectivity index (χ1v) is 12.0. The second-order valence-electron chi connectivity index (χ2n) is 9.48. The van der Waals surface area contributed by atoms with Gasteiger partial charge in [0.2, 0.25) is 5.88 Å². The minimum Gasteiger partial charge on any atom is -0.421 e. The zero-order chi connectivity index (χ0) is 23.9. The maximum atomic E-state index is 14.8. The number of nitrogens with zero attached hydrogens (tertiary/aromatic N) is 5. The van der Waals surface area contributed by atoms with Crippen molar-refractivity contribution in [3.05, 3.63) is 47.5 Å². The summed E-state index contributed by atoms with van der Waals surface area (Å²) >= 11 is 0. The monoisotopic (exact) mass is 477 g/mol. The van der Waals surface area contributed by atoms with Crippen molar-refractivity contribution in [1.82, 2.24) is 25.0 Å². The maximum absolute atomic E-state index is 14.8. The SMILES string of the molecule is Cc1cc2cc(Oc3nc(Nc4cc(C5CCC5)no4)cc(N4CCN(C)CC4)n3)c(F)cc2[nH]1. The van der Waals surface area contributed by atoms with Crippen molar-refractivity contribution in [2.45, 2.75) is 32.1 Å². The molecule has 182 valence electrons. The fourth-order valence-corrected chi connectivity index (χ4v) is 4.55. The summed E-state index contributed by atoms with van der Waals surface area (Å²) < 4.78 is 26.2. The second-order valence-corrected chi connectivity index (χ2v) is 9.48. The quantitative estimate of drug-likeness (QED) is 0.403. The maximum Gasteiger partial charge on any atom is 0.326 e. The first-order chi connectivity index (χ1) is 17.0. The highest BCUT2D eigenvalue weighted by Crippen LogP contribution is 2.37. The Morgan fingerprint density at radius 3 is 2.69 bits per heavy atom. The molecule has 1 aromatic carbocycles. The fourth-order valence-electron chi connectivity index (χ4n) is 4.55. The van der Waals surface area contributed by atoms with E-state index in [0.717, 1.165) is 61.3 Å². The number of aromatic nitrogens is 4. The van der Waals surface area contributed by atoms with E-state index in [1.165, 1.54) is 12.5 Å². The van der Waals surface area contributed by atoms with Gasteiger partial charge in [-0.05, 0) is 38.9 Å². The summed E-state index contributed by atoms with van der Waals surface area (Å²) in [5.74, 6) is 1.78. The molecule has 4 heterocycles. The van der Waals surface area contributed by atoms with Crippen LogP contribution in [-0.2, 0) is 0 Å². The van der Waals surface area contributed by atoms with Crippen molar-refractivity contribution in [2.75, 3.05) is 43.4 Å². The van der Waals surface area contributed by atoms with Gasteiger partial charge in [0.05, 0.1) is 5.69 Å². The predicted octanol–water partition coefficient (Wildman–Crippen LogP) is 4.95. The van der Waals surface area contributed by atoms with Gasteiger partial charge in [-0.1, -0.05) is 11.6 Å². The number of nitrogens with one attached hydrogen (secondary N) is 2. The summed E-state index contributed by atoms with van der Waals surface area (Å²) in [5.41, 5.74) is 2.62. The minimum absolute atomic E-state index is 0.0631. The van der Waals surface area contributed by atoms with Crippen LogP contribution in [0.5, 0.6) is 11.8 Å². The molecule has 0 unspecified atom stereocenters. The highest BCUT2D eigenvalue weighted by molar-refractivity contribution is 5.82. The molecule has 2 aliphatic rings. The standard InChI is InChI=1S/C25H28FN7O2/c1-15-10-17-11-21(18(26)12-19(17)27-15)34-25-29-22(14-23(30-25)33-8-6-32(2)7-9-33)28-24-13-20(31-35-24)16-4-3-5-16/h10-14,16,27H,3-9H2,1-2H3,(H,28,29,30). The number of rotatable bonds is 6. The molecule has 10 heteroatoms. The molecule has 0 radical (unpaired) electrons. The van der Waals surface area contributed by atoms with Gasteiger partial charge < -0.3 is 29.4 Å². The molecule has 1 saturated heterocycles. The number of hydrogen-bond donors (Lipinski definition) is 2. The molecule has 1 saturated carbocycles. The smallest absolute Gasteiger partial charge is 0.326 e. The number of halogens is 1. The van der Waals surface area contributed by atoms with Crippen molar-refractivity contribution in [2.24, 2.45) is 0 Å². The lowest BCUT2D eigenvalue weighted by molar-refractivity contribution is 0.311. The highest BCUT2D eigenvalue weighted by atomic mass is 19.1. The number of piperazine rings is 1. The largest absolute Gasteiger partial charge is 0.421 e. The molecule has 9 nitrogen and oxygen atoms in total. The number of aromatic amines is 1. The molecular formula is C25H28FN7O2.